The van der Waals surface area contributed by atoms with Crippen LogP contribution >= 0.6 is 0 Å². The molecular formula is C24H44O8. The van der Waals surface area contributed by atoms with E-state index in [0.717, 1.165) is 0 Å². The number of Topliss-reactive ketones (excluding diaryl/α,β-unsaturated/α-hetero) is 1. The van der Waals surface area contributed by atoms with Crippen LogP contribution in [0.1, 0.15) is 83.1 Å². The van der Waals surface area contributed by atoms with Crippen molar-refractivity contribution < 1.29 is 38.1 Å². The molecule has 0 aliphatic rings. The van der Waals surface area contributed by atoms with E-state index in [1.165, 1.54) is 6.92 Å². The maximum atomic E-state index is 11.6. The molecule has 2 atom stereocenters. The van der Waals surface area contributed by atoms with Gasteiger partial charge in [0.15, 0.2) is 30.9 Å². The van der Waals surface area contributed by atoms with Crippen LogP contribution in [0.15, 0.2) is 0 Å². The number of carbonyl (C=O) groups is 4. The predicted molar refractivity (Wildman–Crippen MR) is 122 cm³/mol. The Labute approximate surface area is 193 Å². The Hall–Kier alpha value is -1.80. The molecule has 0 aromatic heterocycles. The molecule has 32 heavy (non-hydrogen) atoms. The zero-order valence-corrected chi connectivity index (χ0v) is 22.0. The quantitative estimate of drug-likeness (QED) is 0.357. The maximum absolute atomic E-state index is 11.6. The van der Waals surface area contributed by atoms with Crippen LogP contribution in [0.2, 0.25) is 0 Å². The zero-order chi connectivity index (χ0) is 25.9. The molecule has 8 heteroatoms. The summed E-state index contributed by atoms with van der Waals surface area (Å²) in [6.07, 6.45) is -0.798. The van der Waals surface area contributed by atoms with Gasteiger partial charge in [-0.3, -0.25) is 9.59 Å². The van der Waals surface area contributed by atoms with E-state index in [9.17, 15) is 19.2 Å². The SMILES string of the molecule is CC(C)C(C)(C)OCC(=O)OCC(=O)C(C)(C)C.CC(C=O)OC(=O)C(C)OC(C)(C)C. The van der Waals surface area contributed by atoms with Crippen molar-refractivity contribution in [2.75, 3.05) is 13.2 Å². The lowest BCUT2D eigenvalue weighted by molar-refractivity contribution is -0.169. The van der Waals surface area contributed by atoms with Crippen LogP contribution in [0.25, 0.3) is 0 Å². The molecule has 0 aromatic rings. The first-order valence-electron chi connectivity index (χ1n) is 10.9. The Morgan fingerprint density at radius 3 is 1.72 bits per heavy atom. The summed E-state index contributed by atoms with van der Waals surface area (Å²) in [5.74, 6) is -0.818. The van der Waals surface area contributed by atoms with Crippen molar-refractivity contribution in [1.29, 1.82) is 0 Å². The van der Waals surface area contributed by atoms with E-state index in [1.54, 1.807) is 27.7 Å². The van der Waals surface area contributed by atoms with Gasteiger partial charge in [0.25, 0.3) is 0 Å². The van der Waals surface area contributed by atoms with Crippen LogP contribution in [-0.2, 0) is 38.1 Å². The maximum Gasteiger partial charge on any atom is 0.335 e. The molecule has 0 spiro atoms. The minimum atomic E-state index is -0.714. The van der Waals surface area contributed by atoms with E-state index in [2.05, 4.69) is 0 Å². The molecule has 8 nitrogen and oxygen atoms in total. The molecular weight excluding hydrogens is 416 g/mol. The summed E-state index contributed by atoms with van der Waals surface area (Å²) < 4.78 is 20.5. The number of hydrogen-bond acceptors (Lipinski definition) is 8. The largest absolute Gasteiger partial charge is 0.456 e. The number of ether oxygens (including phenoxy) is 4. The Kier molecular flexibility index (Phi) is 13.8. The third-order valence-electron chi connectivity index (χ3n) is 4.51. The fourth-order valence-corrected chi connectivity index (χ4v) is 1.70. The third-order valence-corrected chi connectivity index (χ3v) is 4.51. The first kappa shape index (κ1) is 32.4. The fraction of sp³-hybridized carbons (Fsp3) is 0.833. The van der Waals surface area contributed by atoms with Gasteiger partial charge < -0.3 is 18.9 Å². The second-order valence-electron chi connectivity index (χ2n) is 10.5. The first-order chi connectivity index (χ1) is 14.2. The average Bonchev–Trinajstić information content (AvgIpc) is 2.62. The van der Waals surface area contributed by atoms with Gasteiger partial charge in [0.2, 0.25) is 0 Å². The van der Waals surface area contributed by atoms with Crippen LogP contribution in [0.3, 0.4) is 0 Å². The van der Waals surface area contributed by atoms with Gasteiger partial charge in [-0.25, -0.2) is 9.59 Å². The Balaban J connectivity index is 0. The second-order valence-corrected chi connectivity index (χ2v) is 10.5. The van der Waals surface area contributed by atoms with Gasteiger partial charge in [-0.15, -0.1) is 0 Å². The van der Waals surface area contributed by atoms with Crippen LogP contribution in [0.4, 0.5) is 0 Å². The van der Waals surface area contributed by atoms with Crippen molar-refractivity contribution in [3.8, 4) is 0 Å². The van der Waals surface area contributed by atoms with Crippen molar-refractivity contribution in [3.05, 3.63) is 0 Å². The molecule has 0 radical (unpaired) electrons. The van der Waals surface area contributed by atoms with E-state index in [-0.39, 0.29) is 24.6 Å². The summed E-state index contributed by atoms with van der Waals surface area (Å²) in [7, 11) is 0. The molecule has 0 N–H and O–H groups in total. The molecule has 0 amide bonds. The molecule has 0 saturated carbocycles. The van der Waals surface area contributed by atoms with Gasteiger partial charge >= 0.3 is 11.9 Å². The van der Waals surface area contributed by atoms with E-state index in [1.807, 2.05) is 48.5 Å². The molecule has 0 rings (SSSR count). The van der Waals surface area contributed by atoms with Crippen molar-refractivity contribution >= 4 is 24.0 Å². The standard InChI is InChI=1S/C14H26O4.C10H18O4/c1-10(2)14(6,7)18-9-12(16)17-8-11(15)13(3,4)5;1-7(6-11)13-9(12)8(2)14-10(3,4)5/h10H,8-9H2,1-7H3;6-8H,1-5H3. The molecule has 0 aromatic carbocycles. The number of carbonyl (C=O) groups excluding carboxylic acids is 4. The highest BCUT2D eigenvalue weighted by molar-refractivity contribution is 5.86. The van der Waals surface area contributed by atoms with Crippen LogP contribution in [0.5, 0.6) is 0 Å². The van der Waals surface area contributed by atoms with Gasteiger partial charge in [-0.05, 0) is 54.4 Å². The van der Waals surface area contributed by atoms with Gasteiger partial charge in [0.05, 0.1) is 11.2 Å². The highest BCUT2D eigenvalue weighted by Crippen LogP contribution is 2.20. The number of esters is 2. The van der Waals surface area contributed by atoms with Crippen molar-refractivity contribution in [2.24, 2.45) is 11.3 Å². The number of aldehydes is 1. The molecule has 0 aliphatic heterocycles. The van der Waals surface area contributed by atoms with Crippen molar-refractivity contribution in [1.82, 2.24) is 0 Å². The normalized spacial score (nSPS) is 14.0. The predicted octanol–water partition coefficient (Wildman–Crippen LogP) is 3.92. The van der Waals surface area contributed by atoms with E-state index in [4.69, 9.17) is 18.9 Å². The van der Waals surface area contributed by atoms with Crippen LogP contribution < -0.4 is 0 Å². The Morgan fingerprint density at radius 1 is 0.844 bits per heavy atom. The number of rotatable bonds is 10. The molecule has 188 valence electrons. The summed E-state index contributed by atoms with van der Waals surface area (Å²) in [6.45, 7) is 21.6. The zero-order valence-electron chi connectivity index (χ0n) is 22.0. The lowest BCUT2D eigenvalue weighted by Crippen LogP contribution is -2.34. The van der Waals surface area contributed by atoms with Crippen LogP contribution in [-0.4, -0.2) is 60.6 Å². The van der Waals surface area contributed by atoms with E-state index in [0.29, 0.717) is 12.2 Å². The summed E-state index contributed by atoms with van der Waals surface area (Å²) in [6, 6.07) is 0. The highest BCUT2D eigenvalue weighted by Gasteiger charge is 2.26. The van der Waals surface area contributed by atoms with E-state index < -0.39 is 35.2 Å². The summed E-state index contributed by atoms with van der Waals surface area (Å²) in [5, 5.41) is 0. The van der Waals surface area contributed by atoms with Crippen LogP contribution in [0, 0.1) is 11.3 Å². The molecule has 0 fully saturated rings. The van der Waals surface area contributed by atoms with Crippen molar-refractivity contribution in [2.45, 2.75) is 106 Å². The summed E-state index contributed by atoms with van der Waals surface area (Å²) in [4.78, 5) is 44.5. The minimum Gasteiger partial charge on any atom is -0.456 e. The fourth-order valence-electron chi connectivity index (χ4n) is 1.70. The van der Waals surface area contributed by atoms with E-state index >= 15 is 0 Å². The molecule has 0 aliphatic carbocycles. The van der Waals surface area contributed by atoms with Gasteiger partial charge in [-0.2, -0.15) is 0 Å². The topological polar surface area (TPSA) is 105 Å². The number of ketones is 1. The van der Waals surface area contributed by atoms with Gasteiger partial charge in [0.1, 0.15) is 6.61 Å². The monoisotopic (exact) mass is 460 g/mol. The Bertz CT molecular complexity index is 608. The molecule has 0 bridgehead atoms. The molecule has 2 unspecified atom stereocenters. The summed E-state index contributed by atoms with van der Waals surface area (Å²) in [5.41, 5.74) is -1.27. The van der Waals surface area contributed by atoms with Gasteiger partial charge in [0, 0.05) is 5.41 Å². The molecule has 0 saturated heterocycles. The van der Waals surface area contributed by atoms with Gasteiger partial charge in [-0.1, -0.05) is 34.6 Å². The lowest BCUT2D eigenvalue weighted by Gasteiger charge is -2.29. The smallest absolute Gasteiger partial charge is 0.335 e. The highest BCUT2D eigenvalue weighted by atomic mass is 16.6. The lowest BCUT2D eigenvalue weighted by atomic mass is 9.91. The Morgan fingerprint density at radius 2 is 1.34 bits per heavy atom. The second kappa shape index (κ2) is 13.7. The molecule has 0 heterocycles. The first-order valence-corrected chi connectivity index (χ1v) is 10.9. The van der Waals surface area contributed by atoms with Crippen molar-refractivity contribution in [3.63, 3.8) is 0 Å². The third kappa shape index (κ3) is 15.9. The average molecular weight is 461 g/mol. The minimum absolute atomic E-state index is 0.0982. The number of hydrogen-bond donors (Lipinski definition) is 0. The summed E-state index contributed by atoms with van der Waals surface area (Å²) >= 11 is 0.